The third-order valence-corrected chi connectivity index (χ3v) is 8.06. The normalized spacial score (nSPS) is 21.9. The number of ether oxygens (including phenoxy) is 3. The molecule has 3 fully saturated rings. The lowest BCUT2D eigenvalue weighted by atomic mass is 9.95. The van der Waals surface area contributed by atoms with Gasteiger partial charge in [-0.2, -0.15) is 13.5 Å². The van der Waals surface area contributed by atoms with Crippen molar-refractivity contribution >= 4 is 40.4 Å². The summed E-state index contributed by atoms with van der Waals surface area (Å²) in [5.41, 5.74) is -1.28. The van der Waals surface area contributed by atoms with E-state index in [2.05, 4.69) is 5.32 Å². The monoisotopic (exact) mass is 634 g/mol. The largest absolute Gasteiger partial charge is 0.466 e. The molecular weight excluding hydrogens is 592 g/mol. The fraction of sp³-hybridized carbons (Fsp3) is 0.808. The maximum absolute atomic E-state index is 13.1. The summed E-state index contributed by atoms with van der Waals surface area (Å²) in [4.78, 5) is 65.0. The van der Waals surface area contributed by atoms with E-state index >= 15 is 0 Å². The zero-order chi connectivity index (χ0) is 32.1. The lowest BCUT2D eigenvalue weighted by Crippen LogP contribution is -2.54. The summed E-state index contributed by atoms with van der Waals surface area (Å²) >= 11 is 0. The number of hydrogen-bond acceptors (Lipinski definition) is 12. The van der Waals surface area contributed by atoms with Gasteiger partial charge >= 0.3 is 34.5 Å². The lowest BCUT2D eigenvalue weighted by Gasteiger charge is -2.34. The van der Waals surface area contributed by atoms with Gasteiger partial charge in [0, 0.05) is 32.6 Å². The van der Waals surface area contributed by atoms with Crippen molar-refractivity contribution in [3.05, 3.63) is 0 Å². The molecule has 3 rings (SSSR count). The van der Waals surface area contributed by atoms with Crippen LogP contribution in [0.4, 0.5) is 9.59 Å². The van der Waals surface area contributed by atoms with Crippen molar-refractivity contribution in [3.8, 4) is 0 Å². The molecule has 3 aliphatic rings. The molecule has 3 heterocycles. The van der Waals surface area contributed by atoms with Crippen molar-refractivity contribution < 1.29 is 55.1 Å². The van der Waals surface area contributed by atoms with Gasteiger partial charge in [-0.05, 0) is 46.5 Å². The zero-order valence-corrected chi connectivity index (χ0v) is 26.2. The fourth-order valence-electron chi connectivity index (χ4n) is 4.77. The number of hydrogen-bond donors (Lipinski definition) is 1. The number of fused-ring (bicyclic) bond motifs is 2. The van der Waals surface area contributed by atoms with E-state index in [1.54, 1.807) is 20.8 Å². The number of amides is 4. The number of urea groups is 1. The van der Waals surface area contributed by atoms with Crippen molar-refractivity contribution in [1.82, 2.24) is 20.2 Å². The van der Waals surface area contributed by atoms with Crippen LogP contribution in [0.2, 0.25) is 0 Å². The molecular formula is C26H42N4O12S. The molecule has 2 bridgehead atoms. The first-order valence-electron chi connectivity index (χ1n) is 14.4. The predicted octanol–water partition coefficient (Wildman–Crippen LogP) is 1.30. The van der Waals surface area contributed by atoms with E-state index in [1.165, 1.54) is 30.6 Å². The second-order valence-corrected chi connectivity index (χ2v) is 12.9. The van der Waals surface area contributed by atoms with Crippen molar-refractivity contribution in [3.63, 3.8) is 0 Å². The molecule has 3 aliphatic heterocycles. The van der Waals surface area contributed by atoms with Gasteiger partial charge in [-0.3, -0.25) is 14.4 Å². The van der Waals surface area contributed by atoms with Crippen LogP contribution < -0.4 is 5.32 Å². The van der Waals surface area contributed by atoms with Crippen LogP contribution in [0, 0.1) is 11.3 Å². The molecule has 0 aromatic heterocycles. The van der Waals surface area contributed by atoms with E-state index in [9.17, 15) is 32.4 Å². The average Bonchev–Trinajstić information content (AvgIpc) is 3.16. The average molecular weight is 635 g/mol. The van der Waals surface area contributed by atoms with Crippen molar-refractivity contribution in [2.45, 2.75) is 91.6 Å². The summed E-state index contributed by atoms with van der Waals surface area (Å²) in [5, 5.41) is 3.62. The molecule has 0 aromatic carbocycles. The van der Waals surface area contributed by atoms with Crippen LogP contribution >= 0.6 is 0 Å². The van der Waals surface area contributed by atoms with Crippen LogP contribution in [0.1, 0.15) is 67.2 Å². The summed E-state index contributed by atoms with van der Waals surface area (Å²) < 4.78 is 50.0. The zero-order valence-electron chi connectivity index (χ0n) is 25.4. The molecule has 0 radical (unpaired) electrons. The summed E-state index contributed by atoms with van der Waals surface area (Å²) in [6.45, 7) is 9.57. The molecule has 16 nitrogen and oxygen atoms in total. The van der Waals surface area contributed by atoms with Gasteiger partial charge in [-0.1, -0.05) is 13.8 Å². The number of carbonyl (C=O) groups is 5. The van der Waals surface area contributed by atoms with Crippen molar-refractivity contribution in [2.24, 2.45) is 11.3 Å². The van der Waals surface area contributed by atoms with E-state index in [1.807, 2.05) is 0 Å². The summed E-state index contributed by atoms with van der Waals surface area (Å²) in [5.74, 6) is -1.88. The van der Waals surface area contributed by atoms with Crippen LogP contribution in [0.15, 0.2) is 0 Å². The summed E-state index contributed by atoms with van der Waals surface area (Å²) in [7, 11) is -4.71. The predicted molar refractivity (Wildman–Crippen MR) is 147 cm³/mol. The molecule has 17 heteroatoms. The highest BCUT2D eigenvalue weighted by atomic mass is 32.3. The standard InChI is InChI=1S/C26H42N4O12S/c1-7-38-23(33)26(5,6)15-39-43(36,37)42-30-19-8-9-20(29(14-19)24(30)34)21(31)27-18-10-12-28(13-11-18)25(35)41-17(4)40-22(32)16(2)3/h16-20H,7-15H2,1-6H3,(H,27,31)/t17?,19-,20+/m1/s1. The van der Waals surface area contributed by atoms with Crippen molar-refractivity contribution in [2.75, 3.05) is 32.8 Å². The first-order chi connectivity index (χ1) is 20.0. The van der Waals surface area contributed by atoms with Gasteiger partial charge in [0.2, 0.25) is 12.2 Å². The molecule has 244 valence electrons. The molecule has 0 spiro atoms. The topological polar surface area (TPSA) is 187 Å². The Hall–Kier alpha value is -3.18. The third-order valence-electron chi connectivity index (χ3n) is 7.31. The molecule has 3 atom stereocenters. The van der Waals surface area contributed by atoms with E-state index in [4.69, 9.17) is 22.7 Å². The highest BCUT2D eigenvalue weighted by molar-refractivity contribution is 7.81. The van der Waals surface area contributed by atoms with Gasteiger partial charge in [0.1, 0.15) is 6.04 Å². The van der Waals surface area contributed by atoms with Crippen LogP contribution in [-0.2, 0) is 47.5 Å². The van der Waals surface area contributed by atoms with E-state index in [-0.39, 0.29) is 37.4 Å². The number of piperidine rings is 2. The first-order valence-corrected chi connectivity index (χ1v) is 15.7. The van der Waals surface area contributed by atoms with Gasteiger partial charge in [0.25, 0.3) is 0 Å². The number of likely N-dealkylation sites (tertiary alicyclic amines) is 1. The Morgan fingerprint density at radius 2 is 1.67 bits per heavy atom. The minimum absolute atomic E-state index is 0.0879. The van der Waals surface area contributed by atoms with Gasteiger partial charge in [0.15, 0.2) is 0 Å². The second-order valence-electron chi connectivity index (χ2n) is 11.7. The molecule has 1 unspecified atom stereocenters. The Kier molecular flexibility index (Phi) is 11.2. The molecule has 0 aliphatic carbocycles. The smallest absolute Gasteiger partial charge is 0.421 e. The number of rotatable bonds is 12. The summed E-state index contributed by atoms with van der Waals surface area (Å²) in [6.07, 6.45) is -0.174. The van der Waals surface area contributed by atoms with Crippen LogP contribution in [-0.4, -0.2) is 111 Å². The summed E-state index contributed by atoms with van der Waals surface area (Å²) in [6, 6.07) is -2.48. The highest BCUT2D eigenvalue weighted by Crippen LogP contribution is 2.32. The van der Waals surface area contributed by atoms with E-state index in [0.717, 1.165) is 0 Å². The Morgan fingerprint density at radius 1 is 1.02 bits per heavy atom. The molecule has 4 amide bonds. The SMILES string of the molecule is CCOC(=O)C(C)(C)COS(=O)(=O)ON1C(=O)N2C[C@H]1CC[C@H]2C(=O)NC1CCN(C(=O)OC(C)OC(=O)C(C)C)CC1. The Bertz CT molecular complexity index is 1170. The lowest BCUT2D eigenvalue weighted by molar-refractivity contribution is -0.170. The number of esters is 2. The minimum atomic E-state index is -4.71. The first kappa shape index (κ1) is 34.3. The van der Waals surface area contributed by atoms with E-state index in [0.29, 0.717) is 37.4 Å². The van der Waals surface area contributed by atoms with Gasteiger partial charge in [0.05, 0.1) is 30.6 Å². The second kappa shape index (κ2) is 14.1. The quantitative estimate of drug-likeness (QED) is 0.240. The Balaban J connectivity index is 1.47. The number of hydroxylamine groups is 2. The third kappa shape index (κ3) is 8.92. The van der Waals surface area contributed by atoms with Gasteiger partial charge in [-0.15, -0.1) is 4.28 Å². The Morgan fingerprint density at radius 3 is 2.28 bits per heavy atom. The van der Waals surface area contributed by atoms with E-state index < -0.39 is 64.9 Å². The number of nitrogens with one attached hydrogen (secondary N) is 1. The Labute approximate surface area is 251 Å². The van der Waals surface area contributed by atoms with Gasteiger partial charge in [-0.25, -0.2) is 13.8 Å². The minimum Gasteiger partial charge on any atom is -0.466 e. The van der Waals surface area contributed by atoms with Crippen LogP contribution in [0.5, 0.6) is 0 Å². The molecule has 1 N–H and O–H groups in total. The van der Waals surface area contributed by atoms with Gasteiger partial charge < -0.3 is 29.3 Å². The molecule has 3 saturated heterocycles. The molecule has 0 saturated carbocycles. The number of nitrogens with zero attached hydrogens (tertiary/aromatic N) is 3. The van der Waals surface area contributed by atoms with Crippen LogP contribution in [0.3, 0.4) is 0 Å². The van der Waals surface area contributed by atoms with Crippen molar-refractivity contribution in [1.29, 1.82) is 0 Å². The number of carbonyl (C=O) groups excluding carboxylic acids is 5. The van der Waals surface area contributed by atoms with Crippen LogP contribution in [0.25, 0.3) is 0 Å². The molecule has 43 heavy (non-hydrogen) atoms. The fourth-order valence-corrected chi connectivity index (χ4v) is 5.64. The highest BCUT2D eigenvalue weighted by Gasteiger charge is 2.50. The maximum Gasteiger partial charge on any atom is 0.421 e. The molecule has 0 aromatic rings. The maximum atomic E-state index is 13.1.